The van der Waals surface area contributed by atoms with Crippen molar-refractivity contribution in [3.63, 3.8) is 0 Å². The summed E-state index contributed by atoms with van der Waals surface area (Å²) in [4.78, 5) is 16.3. The van der Waals surface area contributed by atoms with Crippen LogP contribution in [0, 0.1) is 0 Å². The molecule has 2 aromatic heterocycles. The molecule has 3 rings (SSSR count). The SMILES string of the molecule is CCCCNc1ncnc2nc(-c3ccccc3)[nH]c12. The van der Waals surface area contributed by atoms with Gasteiger partial charge in [0.25, 0.3) is 0 Å². The Morgan fingerprint density at radius 3 is 2.80 bits per heavy atom. The summed E-state index contributed by atoms with van der Waals surface area (Å²) in [6, 6.07) is 10.0. The minimum absolute atomic E-state index is 0.692. The Kier molecular flexibility index (Phi) is 3.58. The van der Waals surface area contributed by atoms with E-state index in [4.69, 9.17) is 0 Å². The van der Waals surface area contributed by atoms with Gasteiger partial charge >= 0.3 is 0 Å². The molecule has 3 aromatic rings. The van der Waals surface area contributed by atoms with Gasteiger partial charge in [-0.3, -0.25) is 0 Å². The maximum atomic E-state index is 4.53. The van der Waals surface area contributed by atoms with Gasteiger partial charge in [-0.1, -0.05) is 43.7 Å². The van der Waals surface area contributed by atoms with Gasteiger partial charge in [0.05, 0.1) is 0 Å². The van der Waals surface area contributed by atoms with Gasteiger partial charge < -0.3 is 10.3 Å². The van der Waals surface area contributed by atoms with E-state index >= 15 is 0 Å². The lowest BCUT2D eigenvalue weighted by molar-refractivity contribution is 0.831. The van der Waals surface area contributed by atoms with Crippen molar-refractivity contribution >= 4 is 17.0 Å². The number of rotatable bonds is 5. The lowest BCUT2D eigenvalue weighted by Gasteiger charge is -2.03. The Hall–Kier alpha value is -2.43. The lowest BCUT2D eigenvalue weighted by atomic mass is 10.2. The van der Waals surface area contributed by atoms with Crippen LogP contribution in [0.5, 0.6) is 0 Å². The van der Waals surface area contributed by atoms with E-state index in [0.717, 1.165) is 42.1 Å². The van der Waals surface area contributed by atoms with E-state index in [2.05, 4.69) is 32.2 Å². The zero-order valence-corrected chi connectivity index (χ0v) is 11.4. The van der Waals surface area contributed by atoms with Gasteiger partial charge in [-0.2, -0.15) is 0 Å². The van der Waals surface area contributed by atoms with E-state index in [0.29, 0.717) is 5.65 Å². The van der Waals surface area contributed by atoms with E-state index in [1.165, 1.54) is 0 Å². The number of H-pyrrole nitrogens is 1. The fourth-order valence-corrected chi connectivity index (χ4v) is 2.08. The molecule has 0 spiro atoms. The van der Waals surface area contributed by atoms with Crippen molar-refractivity contribution in [1.29, 1.82) is 0 Å². The van der Waals surface area contributed by atoms with Crippen LogP contribution in [-0.4, -0.2) is 26.5 Å². The van der Waals surface area contributed by atoms with Crippen LogP contribution >= 0.6 is 0 Å². The van der Waals surface area contributed by atoms with Gasteiger partial charge in [0.15, 0.2) is 11.5 Å². The normalized spacial score (nSPS) is 10.8. The molecule has 0 atom stereocenters. The highest BCUT2D eigenvalue weighted by Gasteiger charge is 2.10. The Balaban J connectivity index is 1.96. The van der Waals surface area contributed by atoms with E-state index in [9.17, 15) is 0 Å². The van der Waals surface area contributed by atoms with Crippen molar-refractivity contribution in [3.8, 4) is 11.4 Å². The first kappa shape index (κ1) is 12.6. The maximum Gasteiger partial charge on any atom is 0.183 e. The standard InChI is InChI=1S/C15H17N5/c1-2-3-9-16-14-12-15(18-10-17-14)20-13(19-12)11-7-5-4-6-8-11/h4-8,10H,2-3,9H2,1H3,(H2,16,17,18,19,20). The third kappa shape index (κ3) is 2.47. The molecule has 0 radical (unpaired) electrons. The zero-order valence-electron chi connectivity index (χ0n) is 11.4. The fraction of sp³-hybridized carbons (Fsp3) is 0.267. The first-order chi connectivity index (χ1) is 9.88. The Morgan fingerprint density at radius 1 is 1.15 bits per heavy atom. The Bertz CT molecular complexity index is 690. The predicted molar refractivity (Wildman–Crippen MR) is 80.5 cm³/mol. The number of imidazole rings is 1. The third-order valence-electron chi connectivity index (χ3n) is 3.16. The van der Waals surface area contributed by atoms with Gasteiger partial charge in [-0.15, -0.1) is 0 Å². The summed E-state index contributed by atoms with van der Waals surface area (Å²) in [7, 11) is 0. The number of aromatic nitrogens is 4. The van der Waals surface area contributed by atoms with Gasteiger partial charge in [-0.25, -0.2) is 15.0 Å². The summed E-state index contributed by atoms with van der Waals surface area (Å²) in [5.74, 6) is 1.64. The summed E-state index contributed by atoms with van der Waals surface area (Å²) in [5, 5.41) is 3.33. The van der Waals surface area contributed by atoms with Crippen molar-refractivity contribution in [2.45, 2.75) is 19.8 Å². The summed E-state index contributed by atoms with van der Waals surface area (Å²) in [6.07, 6.45) is 3.82. The number of nitrogens with zero attached hydrogens (tertiary/aromatic N) is 3. The van der Waals surface area contributed by atoms with E-state index < -0.39 is 0 Å². The van der Waals surface area contributed by atoms with E-state index in [-0.39, 0.29) is 0 Å². The molecular weight excluding hydrogens is 250 g/mol. The maximum absolute atomic E-state index is 4.53. The van der Waals surface area contributed by atoms with E-state index in [1.807, 2.05) is 30.3 Å². The highest BCUT2D eigenvalue weighted by molar-refractivity contribution is 5.85. The number of fused-ring (bicyclic) bond motifs is 1. The lowest BCUT2D eigenvalue weighted by Crippen LogP contribution is -2.03. The molecule has 5 heteroatoms. The molecule has 0 fully saturated rings. The van der Waals surface area contributed by atoms with Crippen LogP contribution in [0.15, 0.2) is 36.7 Å². The Morgan fingerprint density at radius 2 is 2.00 bits per heavy atom. The first-order valence-corrected chi connectivity index (χ1v) is 6.88. The van der Waals surface area contributed by atoms with Crippen LogP contribution < -0.4 is 5.32 Å². The number of benzene rings is 1. The average Bonchev–Trinajstić information content (AvgIpc) is 2.93. The molecule has 0 unspecified atom stereocenters. The van der Waals surface area contributed by atoms with Gasteiger partial charge in [0.1, 0.15) is 17.7 Å². The molecule has 0 saturated carbocycles. The molecule has 102 valence electrons. The van der Waals surface area contributed by atoms with Crippen LogP contribution in [0.25, 0.3) is 22.6 Å². The topological polar surface area (TPSA) is 66.5 Å². The predicted octanol–water partition coefficient (Wildman–Crippen LogP) is 3.23. The van der Waals surface area contributed by atoms with Gasteiger partial charge in [-0.05, 0) is 6.42 Å². The number of hydrogen-bond donors (Lipinski definition) is 2. The average molecular weight is 267 g/mol. The molecular formula is C15H17N5. The molecule has 0 aliphatic rings. The van der Waals surface area contributed by atoms with Crippen molar-refractivity contribution in [3.05, 3.63) is 36.7 Å². The second-order valence-corrected chi connectivity index (χ2v) is 4.65. The smallest absolute Gasteiger partial charge is 0.183 e. The number of aromatic amines is 1. The molecule has 20 heavy (non-hydrogen) atoms. The highest BCUT2D eigenvalue weighted by Crippen LogP contribution is 2.22. The van der Waals surface area contributed by atoms with E-state index in [1.54, 1.807) is 6.33 Å². The molecule has 2 heterocycles. The Labute approximate surface area is 117 Å². The highest BCUT2D eigenvalue weighted by atomic mass is 15.1. The third-order valence-corrected chi connectivity index (χ3v) is 3.16. The molecule has 2 N–H and O–H groups in total. The van der Waals surface area contributed by atoms with Gasteiger partial charge in [0.2, 0.25) is 0 Å². The van der Waals surface area contributed by atoms with Gasteiger partial charge in [0, 0.05) is 12.1 Å². The van der Waals surface area contributed by atoms with Crippen LogP contribution in [0.3, 0.4) is 0 Å². The molecule has 1 aromatic carbocycles. The fourth-order valence-electron chi connectivity index (χ4n) is 2.08. The molecule has 0 aliphatic carbocycles. The monoisotopic (exact) mass is 267 g/mol. The summed E-state index contributed by atoms with van der Waals surface area (Å²) >= 11 is 0. The summed E-state index contributed by atoms with van der Waals surface area (Å²) in [5.41, 5.74) is 2.60. The minimum atomic E-state index is 0.692. The van der Waals surface area contributed by atoms with Crippen LogP contribution in [0.4, 0.5) is 5.82 Å². The number of hydrogen-bond acceptors (Lipinski definition) is 4. The zero-order chi connectivity index (χ0) is 13.8. The number of unbranched alkanes of at least 4 members (excludes halogenated alkanes) is 1. The van der Waals surface area contributed by atoms with Crippen molar-refractivity contribution in [2.75, 3.05) is 11.9 Å². The van der Waals surface area contributed by atoms with Crippen molar-refractivity contribution in [2.24, 2.45) is 0 Å². The molecule has 0 saturated heterocycles. The minimum Gasteiger partial charge on any atom is -0.368 e. The van der Waals surface area contributed by atoms with Crippen molar-refractivity contribution < 1.29 is 0 Å². The van der Waals surface area contributed by atoms with Crippen LogP contribution in [-0.2, 0) is 0 Å². The molecule has 0 amide bonds. The number of anilines is 1. The largest absolute Gasteiger partial charge is 0.368 e. The quantitative estimate of drug-likeness (QED) is 0.696. The molecule has 0 bridgehead atoms. The van der Waals surface area contributed by atoms with Crippen LogP contribution in [0.1, 0.15) is 19.8 Å². The second kappa shape index (κ2) is 5.69. The number of nitrogens with one attached hydrogen (secondary N) is 2. The molecule has 0 aliphatic heterocycles. The second-order valence-electron chi connectivity index (χ2n) is 4.65. The first-order valence-electron chi connectivity index (χ1n) is 6.88. The molecule has 5 nitrogen and oxygen atoms in total. The summed E-state index contributed by atoms with van der Waals surface area (Å²) in [6.45, 7) is 3.07. The van der Waals surface area contributed by atoms with Crippen LogP contribution in [0.2, 0.25) is 0 Å². The van der Waals surface area contributed by atoms with Crippen molar-refractivity contribution in [1.82, 2.24) is 19.9 Å². The summed E-state index contributed by atoms with van der Waals surface area (Å²) < 4.78 is 0.